The van der Waals surface area contributed by atoms with Crippen molar-refractivity contribution >= 4 is 17.9 Å². The molecule has 1 amide bonds. The summed E-state index contributed by atoms with van der Waals surface area (Å²) in [5.41, 5.74) is 10.6. The molecule has 1 aliphatic heterocycles. The molecule has 1 rings (SSSR count). The fourth-order valence-corrected chi connectivity index (χ4v) is 2.21. The molecular weight excluding hydrogens is 186 g/mol. The van der Waals surface area contributed by atoms with Crippen LogP contribution in [0.1, 0.15) is 12.8 Å². The zero-order chi connectivity index (χ0) is 9.68. The Kier molecular flexibility index (Phi) is 4.55. The van der Waals surface area contributed by atoms with Crippen molar-refractivity contribution in [3.8, 4) is 0 Å². The van der Waals surface area contributed by atoms with Crippen molar-refractivity contribution in [2.75, 3.05) is 25.4 Å². The van der Waals surface area contributed by atoms with E-state index >= 15 is 0 Å². The van der Waals surface area contributed by atoms with E-state index in [2.05, 4.69) is 4.31 Å². The summed E-state index contributed by atoms with van der Waals surface area (Å²) in [6.07, 6.45) is 2.28. The van der Waals surface area contributed by atoms with Gasteiger partial charge in [-0.2, -0.15) is 0 Å². The molecule has 1 aliphatic rings. The summed E-state index contributed by atoms with van der Waals surface area (Å²) in [7, 11) is 0. The van der Waals surface area contributed by atoms with Gasteiger partial charge in [0.15, 0.2) is 0 Å². The van der Waals surface area contributed by atoms with Gasteiger partial charge in [0.05, 0.1) is 5.75 Å². The van der Waals surface area contributed by atoms with Crippen LogP contribution in [-0.4, -0.2) is 35.6 Å². The SMILES string of the molecule is NCC1CCN(SCC(N)=O)CC1. The van der Waals surface area contributed by atoms with E-state index in [1.54, 1.807) is 0 Å². The molecule has 76 valence electrons. The first-order valence-electron chi connectivity index (χ1n) is 4.58. The molecule has 0 unspecified atom stereocenters. The van der Waals surface area contributed by atoms with Gasteiger partial charge < -0.3 is 11.5 Å². The zero-order valence-corrected chi connectivity index (χ0v) is 8.55. The highest BCUT2D eigenvalue weighted by molar-refractivity contribution is 7.97. The van der Waals surface area contributed by atoms with E-state index in [-0.39, 0.29) is 5.91 Å². The number of hydrogen-bond acceptors (Lipinski definition) is 4. The number of carbonyl (C=O) groups excluding carboxylic acids is 1. The molecule has 0 radical (unpaired) electrons. The summed E-state index contributed by atoms with van der Waals surface area (Å²) >= 11 is 1.54. The summed E-state index contributed by atoms with van der Waals surface area (Å²) in [4.78, 5) is 10.5. The summed E-state index contributed by atoms with van der Waals surface area (Å²) in [5, 5.41) is 0. The van der Waals surface area contributed by atoms with Gasteiger partial charge in [0.1, 0.15) is 0 Å². The molecule has 1 saturated heterocycles. The molecule has 13 heavy (non-hydrogen) atoms. The lowest BCUT2D eigenvalue weighted by Crippen LogP contribution is -2.33. The second-order valence-electron chi connectivity index (χ2n) is 3.35. The minimum Gasteiger partial charge on any atom is -0.369 e. The Morgan fingerprint density at radius 3 is 2.54 bits per heavy atom. The van der Waals surface area contributed by atoms with Crippen LogP contribution >= 0.6 is 11.9 Å². The quantitative estimate of drug-likeness (QED) is 0.620. The topological polar surface area (TPSA) is 72.3 Å². The molecule has 4 nitrogen and oxygen atoms in total. The second-order valence-corrected chi connectivity index (χ2v) is 4.41. The molecule has 0 aromatic carbocycles. The van der Waals surface area contributed by atoms with Crippen molar-refractivity contribution < 1.29 is 4.79 Å². The fourth-order valence-electron chi connectivity index (χ4n) is 1.43. The smallest absolute Gasteiger partial charge is 0.228 e. The van der Waals surface area contributed by atoms with E-state index in [0.29, 0.717) is 11.7 Å². The molecule has 0 aromatic heterocycles. The maximum absolute atomic E-state index is 10.5. The van der Waals surface area contributed by atoms with Crippen molar-refractivity contribution in [3.05, 3.63) is 0 Å². The number of carbonyl (C=O) groups is 1. The van der Waals surface area contributed by atoms with Crippen molar-refractivity contribution in [1.82, 2.24) is 4.31 Å². The highest BCUT2D eigenvalue weighted by Crippen LogP contribution is 2.21. The third-order valence-electron chi connectivity index (χ3n) is 2.30. The maximum atomic E-state index is 10.5. The highest BCUT2D eigenvalue weighted by atomic mass is 32.2. The minimum absolute atomic E-state index is 0.244. The Bertz CT molecular complexity index is 169. The molecule has 4 N–H and O–H groups in total. The maximum Gasteiger partial charge on any atom is 0.228 e. The minimum atomic E-state index is -0.244. The average Bonchev–Trinajstić information content (AvgIpc) is 2.15. The molecule has 0 atom stereocenters. The number of rotatable bonds is 4. The van der Waals surface area contributed by atoms with Gasteiger partial charge in [-0.1, -0.05) is 11.9 Å². The van der Waals surface area contributed by atoms with Crippen LogP contribution in [0.15, 0.2) is 0 Å². The van der Waals surface area contributed by atoms with E-state index in [9.17, 15) is 4.79 Å². The van der Waals surface area contributed by atoms with E-state index in [1.165, 1.54) is 11.9 Å². The van der Waals surface area contributed by atoms with E-state index < -0.39 is 0 Å². The number of nitrogens with two attached hydrogens (primary N) is 2. The summed E-state index contributed by atoms with van der Waals surface area (Å²) < 4.78 is 2.21. The number of nitrogens with zero attached hydrogens (tertiary/aromatic N) is 1. The first-order valence-corrected chi connectivity index (χ1v) is 5.53. The van der Waals surface area contributed by atoms with Crippen LogP contribution in [0, 0.1) is 5.92 Å². The van der Waals surface area contributed by atoms with Crippen LogP contribution in [0.3, 0.4) is 0 Å². The van der Waals surface area contributed by atoms with E-state index in [4.69, 9.17) is 11.5 Å². The average molecular weight is 203 g/mol. The van der Waals surface area contributed by atoms with Gasteiger partial charge in [0, 0.05) is 13.1 Å². The Labute approximate surface area is 83.1 Å². The Balaban J connectivity index is 2.14. The lowest BCUT2D eigenvalue weighted by Gasteiger charge is -2.29. The number of primary amides is 1. The van der Waals surface area contributed by atoms with Crippen LogP contribution in [0.5, 0.6) is 0 Å². The molecule has 1 fully saturated rings. The van der Waals surface area contributed by atoms with Gasteiger partial charge in [-0.05, 0) is 25.3 Å². The summed E-state index contributed by atoms with van der Waals surface area (Å²) in [5.74, 6) is 0.823. The van der Waals surface area contributed by atoms with Crippen molar-refractivity contribution in [3.63, 3.8) is 0 Å². The highest BCUT2D eigenvalue weighted by Gasteiger charge is 2.18. The first kappa shape index (κ1) is 10.8. The largest absolute Gasteiger partial charge is 0.369 e. The van der Waals surface area contributed by atoms with E-state index in [1.807, 2.05) is 0 Å². The Morgan fingerprint density at radius 2 is 2.08 bits per heavy atom. The Morgan fingerprint density at radius 1 is 1.46 bits per heavy atom. The van der Waals surface area contributed by atoms with Gasteiger partial charge in [0.25, 0.3) is 0 Å². The first-order chi connectivity index (χ1) is 6.22. The lowest BCUT2D eigenvalue weighted by molar-refractivity contribution is -0.115. The van der Waals surface area contributed by atoms with Crippen molar-refractivity contribution in [1.29, 1.82) is 0 Å². The fraction of sp³-hybridized carbons (Fsp3) is 0.875. The molecule has 0 aliphatic carbocycles. The van der Waals surface area contributed by atoms with Crippen molar-refractivity contribution in [2.45, 2.75) is 12.8 Å². The lowest BCUT2D eigenvalue weighted by atomic mass is 9.99. The van der Waals surface area contributed by atoms with Crippen LogP contribution in [0.25, 0.3) is 0 Å². The second kappa shape index (κ2) is 5.47. The zero-order valence-electron chi connectivity index (χ0n) is 7.74. The van der Waals surface area contributed by atoms with Crippen LogP contribution < -0.4 is 11.5 Å². The predicted molar refractivity (Wildman–Crippen MR) is 55.0 cm³/mol. The standard InChI is InChI=1S/C8H17N3OS/c9-5-7-1-3-11(4-2-7)13-6-8(10)12/h7H,1-6,9H2,(H2,10,12). The van der Waals surface area contributed by atoms with E-state index in [0.717, 1.165) is 32.5 Å². The number of amides is 1. The van der Waals surface area contributed by atoms with Gasteiger partial charge in [-0.25, -0.2) is 0 Å². The molecule has 0 aromatic rings. The predicted octanol–water partition coefficient (Wildman–Crippen LogP) is -0.209. The molecule has 0 spiro atoms. The molecular formula is C8H17N3OS. The van der Waals surface area contributed by atoms with Gasteiger partial charge in [0.2, 0.25) is 5.91 Å². The normalized spacial score (nSPS) is 20.4. The molecule has 1 heterocycles. The molecule has 5 heteroatoms. The molecule has 0 saturated carbocycles. The summed E-state index contributed by atoms with van der Waals surface area (Å²) in [6, 6.07) is 0. The Hall–Kier alpha value is -0.260. The van der Waals surface area contributed by atoms with Crippen molar-refractivity contribution in [2.24, 2.45) is 17.4 Å². The summed E-state index contributed by atoms with van der Waals surface area (Å²) in [6.45, 7) is 2.84. The number of piperidine rings is 1. The van der Waals surface area contributed by atoms with Crippen LogP contribution in [0.4, 0.5) is 0 Å². The third kappa shape index (κ3) is 3.97. The van der Waals surface area contributed by atoms with Crippen LogP contribution in [0.2, 0.25) is 0 Å². The van der Waals surface area contributed by atoms with Gasteiger partial charge in [-0.15, -0.1) is 0 Å². The van der Waals surface area contributed by atoms with Crippen LogP contribution in [-0.2, 0) is 4.79 Å². The molecule has 0 bridgehead atoms. The number of hydrogen-bond donors (Lipinski definition) is 2. The monoisotopic (exact) mass is 203 g/mol. The third-order valence-corrected chi connectivity index (χ3v) is 3.44. The van der Waals surface area contributed by atoms with Gasteiger partial charge >= 0.3 is 0 Å². The van der Waals surface area contributed by atoms with Gasteiger partial charge in [-0.3, -0.25) is 9.10 Å².